The number of rotatable bonds is 8. The van der Waals surface area contributed by atoms with Crippen LogP contribution in [0.1, 0.15) is 18.1 Å². The van der Waals surface area contributed by atoms with Crippen LogP contribution in [0.25, 0.3) is 0 Å². The van der Waals surface area contributed by atoms with Crippen molar-refractivity contribution >= 4 is 10.0 Å². The van der Waals surface area contributed by atoms with Crippen LogP contribution in [-0.4, -0.2) is 40.6 Å². The number of methoxy groups -OCH3 is 3. The third-order valence-electron chi connectivity index (χ3n) is 4.16. The highest BCUT2D eigenvalue weighted by molar-refractivity contribution is 7.89. The van der Waals surface area contributed by atoms with Crippen LogP contribution in [0.3, 0.4) is 0 Å². The molecular formula is C19H25NO5S. The fourth-order valence-electron chi connectivity index (χ4n) is 2.73. The van der Waals surface area contributed by atoms with E-state index in [9.17, 15) is 8.42 Å². The summed E-state index contributed by atoms with van der Waals surface area (Å²) in [5.41, 5.74) is 1.47. The Hall–Kier alpha value is -2.25. The molecule has 0 N–H and O–H groups in total. The molecule has 0 radical (unpaired) electrons. The van der Waals surface area contributed by atoms with E-state index in [-0.39, 0.29) is 11.4 Å². The van der Waals surface area contributed by atoms with Crippen molar-refractivity contribution in [2.24, 2.45) is 0 Å². The minimum absolute atomic E-state index is 0.241. The number of benzene rings is 2. The standard InChI is InChI=1S/C19H25NO5S/c1-6-20(13-15-7-9-17(24-4)18(12-15)25-5)26(21,22)19-10-8-16(23-3)11-14(19)2/h7-12H,6,13H2,1-5H3. The number of hydrogen-bond donors (Lipinski definition) is 0. The summed E-state index contributed by atoms with van der Waals surface area (Å²) in [4.78, 5) is 0.278. The summed E-state index contributed by atoms with van der Waals surface area (Å²) in [7, 11) is 1.03. The van der Waals surface area contributed by atoms with E-state index in [4.69, 9.17) is 14.2 Å². The van der Waals surface area contributed by atoms with E-state index in [0.29, 0.717) is 29.4 Å². The van der Waals surface area contributed by atoms with Crippen molar-refractivity contribution in [3.05, 3.63) is 47.5 Å². The largest absolute Gasteiger partial charge is 0.497 e. The summed E-state index contributed by atoms with van der Waals surface area (Å²) in [6, 6.07) is 10.4. The monoisotopic (exact) mass is 379 g/mol. The van der Waals surface area contributed by atoms with Gasteiger partial charge in [0.25, 0.3) is 0 Å². The van der Waals surface area contributed by atoms with Gasteiger partial charge in [-0.1, -0.05) is 13.0 Å². The van der Waals surface area contributed by atoms with E-state index in [1.165, 1.54) is 4.31 Å². The van der Waals surface area contributed by atoms with Gasteiger partial charge in [0.1, 0.15) is 5.75 Å². The number of aryl methyl sites for hydroxylation is 1. The summed E-state index contributed by atoms with van der Waals surface area (Å²) < 4.78 is 43.3. The van der Waals surface area contributed by atoms with E-state index in [1.54, 1.807) is 58.6 Å². The maximum absolute atomic E-state index is 13.1. The first-order valence-corrected chi connectivity index (χ1v) is 9.67. The summed E-state index contributed by atoms with van der Waals surface area (Å²) in [5.74, 6) is 1.80. The van der Waals surface area contributed by atoms with Crippen molar-refractivity contribution in [2.75, 3.05) is 27.9 Å². The average Bonchev–Trinajstić information content (AvgIpc) is 2.65. The molecule has 0 atom stereocenters. The van der Waals surface area contributed by atoms with Gasteiger partial charge in [-0.3, -0.25) is 0 Å². The van der Waals surface area contributed by atoms with Crippen LogP contribution in [0.5, 0.6) is 17.2 Å². The second kappa shape index (κ2) is 8.42. The first-order valence-electron chi connectivity index (χ1n) is 8.23. The Morgan fingerprint density at radius 2 is 1.62 bits per heavy atom. The molecule has 0 aliphatic heterocycles. The molecule has 2 rings (SSSR count). The lowest BCUT2D eigenvalue weighted by atomic mass is 10.2. The number of ether oxygens (including phenoxy) is 3. The van der Waals surface area contributed by atoms with E-state index in [2.05, 4.69) is 0 Å². The number of nitrogens with zero attached hydrogens (tertiary/aromatic N) is 1. The van der Waals surface area contributed by atoms with Crippen LogP contribution in [0.2, 0.25) is 0 Å². The highest BCUT2D eigenvalue weighted by atomic mass is 32.2. The summed E-state index contributed by atoms with van der Waals surface area (Å²) in [6.07, 6.45) is 0. The Morgan fingerprint density at radius 1 is 0.923 bits per heavy atom. The van der Waals surface area contributed by atoms with E-state index in [0.717, 1.165) is 5.56 Å². The van der Waals surface area contributed by atoms with Crippen LogP contribution in [0.4, 0.5) is 0 Å². The molecule has 0 unspecified atom stereocenters. The van der Waals surface area contributed by atoms with Crippen molar-refractivity contribution in [2.45, 2.75) is 25.3 Å². The molecule has 2 aromatic carbocycles. The predicted molar refractivity (Wildman–Crippen MR) is 101 cm³/mol. The minimum Gasteiger partial charge on any atom is -0.497 e. The lowest BCUT2D eigenvalue weighted by Gasteiger charge is -2.22. The van der Waals surface area contributed by atoms with Gasteiger partial charge in [-0.15, -0.1) is 0 Å². The summed E-state index contributed by atoms with van der Waals surface area (Å²) >= 11 is 0. The fraction of sp³-hybridized carbons (Fsp3) is 0.368. The van der Waals surface area contributed by atoms with E-state index in [1.807, 2.05) is 13.0 Å². The van der Waals surface area contributed by atoms with Gasteiger partial charge in [-0.2, -0.15) is 4.31 Å². The SMILES string of the molecule is CCN(Cc1ccc(OC)c(OC)c1)S(=O)(=O)c1ccc(OC)cc1C. The molecule has 0 aromatic heterocycles. The Labute approximate surface area is 155 Å². The van der Waals surface area contributed by atoms with Gasteiger partial charge in [-0.05, 0) is 48.4 Å². The predicted octanol–water partition coefficient (Wildman–Crippen LogP) is 3.23. The maximum atomic E-state index is 13.1. The number of hydrogen-bond acceptors (Lipinski definition) is 5. The highest BCUT2D eigenvalue weighted by Gasteiger charge is 2.25. The Balaban J connectivity index is 2.35. The second-order valence-electron chi connectivity index (χ2n) is 5.75. The van der Waals surface area contributed by atoms with Crippen molar-refractivity contribution in [3.63, 3.8) is 0 Å². The van der Waals surface area contributed by atoms with Crippen molar-refractivity contribution in [1.82, 2.24) is 4.31 Å². The molecule has 0 aliphatic rings. The molecular weight excluding hydrogens is 354 g/mol. The van der Waals surface area contributed by atoms with Crippen molar-refractivity contribution in [3.8, 4) is 17.2 Å². The zero-order chi connectivity index (χ0) is 19.3. The molecule has 0 aliphatic carbocycles. The molecule has 0 bridgehead atoms. The Kier molecular flexibility index (Phi) is 6.50. The first-order chi connectivity index (χ1) is 12.4. The lowest BCUT2D eigenvalue weighted by Crippen LogP contribution is -2.31. The lowest BCUT2D eigenvalue weighted by molar-refractivity contribution is 0.353. The first kappa shape index (κ1) is 20.1. The molecule has 0 heterocycles. The Morgan fingerprint density at radius 3 is 2.15 bits per heavy atom. The third kappa shape index (κ3) is 4.11. The highest BCUT2D eigenvalue weighted by Crippen LogP contribution is 2.30. The van der Waals surface area contributed by atoms with Gasteiger partial charge in [0, 0.05) is 13.1 Å². The minimum atomic E-state index is -3.63. The van der Waals surface area contributed by atoms with Gasteiger partial charge < -0.3 is 14.2 Å². The topological polar surface area (TPSA) is 65.1 Å². The van der Waals surface area contributed by atoms with Crippen LogP contribution in [-0.2, 0) is 16.6 Å². The summed E-state index contributed by atoms with van der Waals surface area (Å²) in [5, 5.41) is 0. The molecule has 142 valence electrons. The van der Waals surface area contributed by atoms with Crippen LogP contribution >= 0.6 is 0 Å². The summed E-state index contributed by atoms with van der Waals surface area (Å²) in [6.45, 7) is 4.17. The van der Waals surface area contributed by atoms with Gasteiger partial charge in [-0.25, -0.2) is 8.42 Å². The molecule has 26 heavy (non-hydrogen) atoms. The molecule has 0 saturated carbocycles. The zero-order valence-corrected chi connectivity index (χ0v) is 16.6. The number of sulfonamides is 1. The van der Waals surface area contributed by atoms with Crippen LogP contribution in [0.15, 0.2) is 41.3 Å². The van der Waals surface area contributed by atoms with Gasteiger partial charge >= 0.3 is 0 Å². The molecule has 0 amide bonds. The van der Waals surface area contributed by atoms with E-state index < -0.39 is 10.0 Å². The fourth-order valence-corrected chi connectivity index (χ4v) is 4.37. The van der Waals surface area contributed by atoms with Gasteiger partial charge in [0.15, 0.2) is 11.5 Å². The normalized spacial score (nSPS) is 11.5. The van der Waals surface area contributed by atoms with E-state index >= 15 is 0 Å². The van der Waals surface area contributed by atoms with Gasteiger partial charge in [0.2, 0.25) is 10.0 Å². The molecule has 0 fully saturated rings. The third-order valence-corrected chi connectivity index (χ3v) is 6.24. The Bertz CT molecular complexity index is 864. The quantitative estimate of drug-likeness (QED) is 0.705. The average molecular weight is 379 g/mol. The maximum Gasteiger partial charge on any atom is 0.243 e. The van der Waals surface area contributed by atoms with Crippen LogP contribution < -0.4 is 14.2 Å². The molecule has 0 spiro atoms. The zero-order valence-electron chi connectivity index (χ0n) is 15.8. The molecule has 6 nitrogen and oxygen atoms in total. The van der Waals surface area contributed by atoms with Gasteiger partial charge in [0.05, 0.1) is 26.2 Å². The van der Waals surface area contributed by atoms with Crippen molar-refractivity contribution < 1.29 is 22.6 Å². The second-order valence-corrected chi connectivity index (χ2v) is 7.66. The van der Waals surface area contributed by atoms with Crippen molar-refractivity contribution in [1.29, 1.82) is 0 Å². The van der Waals surface area contributed by atoms with Crippen LogP contribution in [0, 0.1) is 6.92 Å². The smallest absolute Gasteiger partial charge is 0.243 e. The molecule has 7 heteroatoms. The molecule has 0 saturated heterocycles. The molecule has 2 aromatic rings.